The summed E-state index contributed by atoms with van der Waals surface area (Å²) in [5, 5.41) is 11.9. The summed E-state index contributed by atoms with van der Waals surface area (Å²) in [4.78, 5) is 40.9. The Morgan fingerprint density at radius 3 is 2.48 bits per heavy atom. The average molecular weight is 591 g/mol. The first-order chi connectivity index (χ1) is 20.0. The molecule has 2 heterocycles. The minimum atomic E-state index is -1.17. The van der Waals surface area contributed by atoms with Gasteiger partial charge >= 0.3 is 6.09 Å². The molecule has 0 spiro atoms. The summed E-state index contributed by atoms with van der Waals surface area (Å²) in [6.45, 7) is 7.11. The summed E-state index contributed by atoms with van der Waals surface area (Å²) in [5.74, 6) is 0.197. The van der Waals surface area contributed by atoms with Gasteiger partial charge in [0.05, 0.1) is 10.5 Å². The SMILES string of the molecule is Cc1onc2c1c(=O)n(C1CCCC(NC(=O)C3(NC(=O)OC(C)(C)C)Cc4ccccc4C3)C1)c1cccc(Cl)c21. The molecule has 10 heteroatoms. The number of benzene rings is 2. The number of pyridine rings is 1. The number of aryl methyl sites for hydroxylation is 1. The second-order valence-electron chi connectivity index (χ2n) is 12.6. The van der Waals surface area contributed by atoms with Gasteiger partial charge in [-0.25, -0.2) is 4.79 Å². The van der Waals surface area contributed by atoms with Gasteiger partial charge < -0.3 is 24.5 Å². The van der Waals surface area contributed by atoms with E-state index in [1.807, 2.05) is 36.4 Å². The second kappa shape index (κ2) is 10.5. The Morgan fingerprint density at radius 1 is 1.07 bits per heavy atom. The van der Waals surface area contributed by atoms with Gasteiger partial charge in [-0.1, -0.05) is 47.1 Å². The summed E-state index contributed by atoms with van der Waals surface area (Å²) in [6.07, 6.45) is 3.03. The molecule has 42 heavy (non-hydrogen) atoms. The lowest BCUT2D eigenvalue weighted by atomic mass is 9.88. The van der Waals surface area contributed by atoms with E-state index in [-0.39, 0.29) is 23.6 Å². The third-order valence-corrected chi connectivity index (χ3v) is 8.72. The molecule has 0 radical (unpaired) electrons. The Balaban J connectivity index is 1.30. The summed E-state index contributed by atoms with van der Waals surface area (Å²) < 4.78 is 12.8. The van der Waals surface area contributed by atoms with Crippen LogP contribution in [0.25, 0.3) is 21.8 Å². The van der Waals surface area contributed by atoms with E-state index in [9.17, 15) is 14.4 Å². The van der Waals surface area contributed by atoms with E-state index in [4.69, 9.17) is 20.9 Å². The molecule has 2 atom stereocenters. The molecule has 0 aliphatic heterocycles. The molecule has 2 unspecified atom stereocenters. The monoisotopic (exact) mass is 590 g/mol. The van der Waals surface area contributed by atoms with Crippen LogP contribution in [0.15, 0.2) is 51.8 Å². The van der Waals surface area contributed by atoms with Crippen LogP contribution in [-0.2, 0) is 22.4 Å². The molecule has 9 nitrogen and oxygen atoms in total. The van der Waals surface area contributed by atoms with E-state index in [2.05, 4.69) is 15.8 Å². The zero-order valence-corrected chi connectivity index (χ0v) is 25.0. The van der Waals surface area contributed by atoms with Crippen molar-refractivity contribution in [1.29, 1.82) is 0 Å². The zero-order chi connectivity index (χ0) is 29.8. The van der Waals surface area contributed by atoms with E-state index in [0.717, 1.165) is 30.4 Å². The third-order valence-electron chi connectivity index (χ3n) is 8.41. The summed E-state index contributed by atoms with van der Waals surface area (Å²) >= 11 is 6.62. The molecule has 2 aliphatic rings. The van der Waals surface area contributed by atoms with Gasteiger partial charge in [-0.05, 0) is 76.6 Å². The number of rotatable bonds is 4. The molecule has 220 valence electrons. The highest BCUT2D eigenvalue weighted by Gasteiger charge is 2.46. The van der Waals surface area contributed by atoms with Crippen LogP contribution in [0.5, 0.6) is 0 Å². The Labute approximate surface area is 248 Å². The highest BCUT2D eigenvalue weighted by Crippen LogP contribution is 2.36. The van der Waals surface area contributed by atoms with Crippen molar-refractivity contribution in [2.75, 3.05) is 0 Å². The fourth-order valence-corrected chi connectivity index (χ4v) is 6.87. The van der Waals surface area contributed by atoms with Crippen molar-refractivity contribution in [3.8, 4) is 0 Å². The van der Waals surface area contributed by atoms with E-state index in [1.54, 1.807) is 38.3 Å². The lowest BCUT2D eigenvalue weighted by Crippen LogP contribution is -2.62. The van der Waals surface area contributed by atoms with E-state index >= 15 is 0 Å². The number of nitrogens with one attached hydrogen (secondary N) is 2. The molecule has 2 aliphatic carbocycles. The summed E-state index contributed by atoms with van der Waals surface area (Å²) in [6, 6.07) is 13.0. The molecule has 1 saturated carbocycles. The normalized spacial score (nSPS) is 19.9. The fourth-order valence-electron chi connectivity index (χ4n) is 6.61. The smallest absolute Gasteiger partial charge is 0.408 e. The minimum absolute atomic E-state index is 0.174. The lowest BCUT2D eigenvalue weighted by molar-refractivity contribution is -0.128. The standard InChI is InChI=1S/C32H35ClN4O5/c1-18-25-27(36-42-18)26-23(33)13-8-14-24(26)37(28(25)38)22-12-7-11-21(15-22)34-29(39)32(35-30(40)41-31(2,3)4)16-19-9-5-6-10-20(19)17-32/h5-6,8-10,13-14,21-22H,7,11-12,15-17H2,1-4H3,(H,34,39)(H,35,40). The van der Waals surface area contributed by atoms with Crippen molar-refractivity contribution in [3.63, 3.8) is 0 Å². The van der Waals surface area contributed by atoms with Crippen molar-refractivity contribution in [2.45, 2.75) is 89.4 Å². The number of carbonyl (C=O) groups excluding carboxylic acids is 2. The van der Waals surface area contributed by atoms with Crippen molar-refractivity contribution in [3.05, 3.63) is 74.7 Å². The number of hydrogen-bond acceptors (Lipinski definition) is 6. The Kier molecular flexibility index (Phi) is 7.04. The van der Waals surface area contributed by atoms with Crippen molar-refractivity contribution < 1.29 is 18.8 Å². The number of aromatic nitrogens is 2. The fraction of sp³-hybridized carbons (Fsp3) is 0.438. The van der Waals surface area contributed by atoms with Gasteiger partial charge in [0.2, 0.25) is 5.91 Å². The van der Waals surface area contributed by atoms with Crippen LogP contribution in [0.1, 0.15) is 69.4 Å². The molecule has 0 saturated heterocycles. The van der Waals surface area contributed by atoms with E-state index in [1.165, 1.54) is 0 Å². The van der Waals surface area contributed by atoms with Gasteiger partial charge in [-0.3, -0.25) is 9.59 Å². The van der Waals surface area contributed by atoms with Gasteiger partial charge in [0.1, 0.15) is 27.8 Å². The van der Waals surface area contributed by atoms with Crippen molar-refractivity contribution in [1.82, 2.24) is 20.4 Å². The molecule has 0 bridgehead atoms. The van der Waals surface area contributed by atoms with E-state index in [0.29, 0.717) is 51.9 Å². The first kappa shape index (κ1) is 28.3. The van der Waals surface area contributed by atoms with Crippen LogP contribution in [0, 0.1) is 6.92 Å². The molecule has 2 aromatic carbocycles. The van der Waals surface area contributed by atoms with Crippen molar-refractivity contribution >= 4 is 45.4 Å². The van der Waals surface area contributed by atoms with Gasteiger partial charge in [0.25, 0.3) is 5.56 Å². The maximum absolute atomic E-state index is 14.1. The van der Waals surface area contributed by atoms with E-state index < -0.39 is 17.2 Å². The van der Waals surface area contributed by atoms with Gasteiger partial charge in [0, 0.05) is 30.3 Å². The topological polar surface area (TPSA) is 115 Å². The van der Waals surface area contributed by atoms with Crippen LogP contribution in [0.2, 0.25) is 5.02 Å². The number of alkyl carbamates (subject to hydrolysis) is 1. The number of halogens is 1. The molecule has 2 N–H and O–H groups in total. The Hall–Kier alpha value is -3.85. The molecule has 2 amide bonds. The molecule has 2 aromatic heterocycles. The first-order valence-corrected chi connectivity index (χ1v) is 14.8. The van der Waals surface area contributed by atoms with Gasteiger partial charge in [-0.15, -0.1) is 0 Å². The van der Waals surface area contributed by atoms with Crippen LogP contribution in [0.4, 0.5) is 4.79 Å². The average Bonchev–Trinajstić information content (AvgIpc) is 3.49. The largest absolute Gasteiger partial charge is 0.444 e. The summed E-state index contributed by atoms with van der Waals surface area (Å²) in [5.41, 5.74) is 1.16. The third kappa shape index (κ3) is 5.04. The van der Waals surface area contributed by atoms with Crippen molar-refractivity contribution in [2.24, 2.45) is 0 Å². The Bertz CT molecular complexity index is 1740. The minimum Gasteiger partial charge on any atom is -0.444 e. The molecule has 4 aromatic rings. The van der Waals surface area contributed by atoms with Crippen LogP contribution in [0.3, 0.4) is 0 Å². The molecular formula is C32H35ClN4O5. The predicted octanol–water partition coefficient (Wildman–Crippen LogP) is 5.77. The zero-order valence-electron chi connectivity index (χ0n) is 24.3. The first-order valence-electron chi connectivity index (χ1n) is 14.4. The number of carbonyl (C=O) groups is 2. The van der Waals surface area contributed by atoms with Gasteiger partial charge in [0.15, 0.2) is 0 Å². The number of nitrogens with zero attached hydrogens (tertiary/aromatic N) is 2. The van der Waals surface area contributed by atoms with Gasteiger partial charge in [-0.2, -0.15) is 0 Å². The summed E-state index contributed by atoms with van der Waals surface area (Å²) in [7, 11) is 0. The Morgan fingerprint density at radius 2 is 1.79 bits per heavy atom. The number of hydrogen-bond donors (Lipinski definition) is 2. The maximum atomic E-state index is 14.1. The maximum Gasteiger partial charge on any atom is 0.408 e. The quantitative estimate of drug-likeness (QED) is 0.312. The van der Waals surface area contributed by atoms with Crippen LogP contribution < -0.4 is 16.2 Å². The molecular weight excluding hydrogens is 556 g/mol. The number of amides is 2. The lowest BCUT2D eigenvalue weighted by Gasteiger charge is -2.36. The molecule has 6 rings (SSSR count). The van der Waals surface area contributed by atoms with Crippen LogP contribution in [-0.4, -0.2) is 38.9 Å². The highest BCUT2D eigenvalue weighted by molar-refractivity contribution is 6.37. The highest BCUT2D eigenvalue weighted by atomic mass is 35.5. The number of ether oxygens (including phenoxy) is 1. The predicted molar refractivity (Wildman–Crippen MR) is 161 cm³/mol. The second-order valence-corrected chi connectivity index (χ2v) is 13.0. The van der Waals surface area contributed by atoms with Crippen LogP contribution >= 0.6 is 11.6 Å². The number of fused-ring (bicyclic) bond motifs is 4. The molecule has 1 fully saturated rings.